The normalized spacial score (nSPS) is 9.93. The third kappa shape index (κ3) is 1.76. The van der Waals surface area contributed by atoms with E-state index in [0.29, 0.717) is 5.56 Å². The van der Waals surface area contributed by atoms with Crippen molar-refractivity contribution >= 4 is 15.9 Å². The van der Waals surface area contributed by atoms with Gasteiger partial charge in [-0.05, 0) is 24.6 Å². The Morgan fingerprint density at radius 2 is 2.27 bits per heavy atom. The van der Waals surface area contributed by atoms with E-state index in [-0.39, 0.29) is 0 Å². The highest BCUT2D eigenvalue weighted by Gasteiger charge is 2.09. The summed E-state index contributed by atoms with van der Waals surface area (Å²) in [6, 6.07) is 5.86. The summed E-state index contributed by atoms with van der Waals surface area (Å²) in [6.45, 7) is 1.93. The maximum absolute atomic E-state index is 9.03. The van der Waals surface area contributed by atoms with Gasteiger partial charge in [-0.3, -0.25) is 0 Å². The SMILES string of the molecule is Cc1cc(Br)cc(C#N)c1-n1cncn1. The second-order valence-corrected chi connectivity index (χ2v) is 3.99. The van der Waals surface area contributed by atoms with Gasteiger partial charge in [0.05, 0.1) is 11.3 Å². The fourth-order valence-electron chi connectivity index (χ4n) is 1.45. The van der Waals surface area contributed by atoms with Crippen LogP contribution in [0, 0.1) is 18.3 Å². The molecule has 4 nitrogen and oxygen atoms in total. The monoisotopic (exact) mass is 262 g/mol. The number of aryl methyl sites for hydroxylation is 1. The summed E-state index contributed by atoms with van der Waals surface area (Å²) in [6.07, 6.45) is 3.03. The first-order chi connectivity index (χ1) is 7.22. The minimum atomic E-state index is 0.576. The van der Waals surface area contributed by atoms with Crippen molar-refractivity contribution in [1.82, 2.24) is 14.8 Å². The van der Waals surface area contributed by atoms with E-state index >= 15 is 0 Å². The first-order valence-electron chi connectivity index (χ1n) is 4.27. The van der Waals surface area contributed by atoms with Crippen molar-refractivity contribution in [2.24, 2.45) is 0 Å². The van der Waals surface area contributed by atoms with Gasteiger partial charge in [-0.2, -0.15) is 10.4 Å². The predicted molar refractivity (Wildman–Crippen MR) is 58.5 cm³/mol. The molecule has 0 saturated heterocycles. The molecule has 0 unspecified atom stereocenters. The van der Waals surface area contributed by atoms with Crippen molar-refractivity contribution in [3.05, 3.63) is 40.4 Å². The zero-order chi connectivity index (χ0) is 10.8. The summed E-state index contributed by atoms with van der Waals surface area (Å²) in [5, 5.41) is 13.1. The van der Waals surface area contributed by atoms with Gasteiger partial charge in [0.2, 0.25) is 0 Å². The van der Waals surface area contributed by atoms with Gasteiger partial charge in [0.15, 0.2) is 0 Å². The summed E-state index contributed by atoms with van der Waals surface area (Å²) < 4.78 is 2.49. The average molecular weight is 263 g/mol. The Hall–Kier alpha value is -1.67. The summed E-state index contributed by atoms with van der Waals surface area (Å²) in [5.74, 6) is 0. The number of aromatic nitrogens is 3. The molecule has 0 aliphatic rings. The third-order valence-corrected chi connectivity index (χ3v) is 2.49. The molecule has 0 fully saturated rings. The van der Waals surface area contributed by atoms with E-state index in [1.54, 1.807) is 17.1 Å². The number of hydrogen-bond acceptors (Lipinski definition) is 3. The Kier molecular flexibility index (Phi) is 2.52. The van der Waals surface area contributed by atoms with E-state index in [0.717, 1.165) is 15.7 Å². The zero-order valence-corrected chi connectivity index (χ0v) is 9.56. The third-order valence-electron chi connectivity index (χ3n) is 2.03. The summed E-state index contributed by atoms with van der Waals surface area (Å²) in [7, 11) is 0. The molecule has 0 radical (unpaired) electrons. The Bertz CT molecular complexity index is 525. The summed E-state index contributed by atoms with van der Waals surface area (Å²) >= 11 is 3.35. The molecule has 1 aromatic heterocycles. The average Bonchev–Trinajstić information content (AvgIpc) is 2.69. The number of hydrogen-bond donors (Lipinski definition) is 0. The van der Waals surface area contributed by atoms with Crippen LogP contribution in [0.4, 0.5) is 0 Å². The Morgan fingerprint density at radius 1 is 1.47 bits per heavy atom. The smallest absolute Gasteiger partial charge is 0.138 e. The number of rotatable bonds is 1. The highest BCUT2D eigenvalue weighted by Crippen LogP contribution is 2.23. The van der Waals surface area contributed by atoms with E-state index < -0.39 is 0 Å². The fourth-order valence-corrected chi connectivity index (χ4v) is 2.02. The summed E-state index contributed by atoms with van der Waals surface area (Å²) in [5.41, 5.74) is 2.33. The minimum absolute atomic E-state index is 0.576. The maximum Gasteiger partial charge on any atom is 0.138 e. The van der Waals surface area contributed by atoms with E-state index in [2.05, 4.69) is 32.1 Å². The molecule has 0 atom stereocenters. The van der Waals surface area contributed by atoms with Crippen molar-refractivity contribution in [1.29, 1.82) is 5.26 Å². The van der Waals surface area contributed by atoms with Crippen molar-refractivity contribution in [2.75, 3.05) is 0 Å². The number of nitriles is 1. The lowest BCUT2D eigenvalue weighted by atomic mass is 10.1. The molecule has 0 N–H and O–H groups in total. The molecule has 0 saturated carbocycles. The van der Waals surface area contributed by atoms with Crippen LogP contribution in [0.2, 0.25) is 0 Å². The standard InChI is InChI=1S/C10H7BrN4/c1-7-2-9(11)3-8(4-12)10(7)15-6-13-5-14-15/h2-3,5-6H,1H3. The van der Waals surface area contributed by atoms with Crippen LogP contribution in [0.3, 0.4) is 0 Å². The second kappa shape index (κ2) is 3.83. The molecule has 0 aliphatic heterocycles. The highest BCUT2D eigenvalue weighted by molar-refractivity contribution is 9.10. The molecule has 2 rings (SSSR count). The van der Waals surface area contributed by atoms with Crippen molar-refractivity contribution in [2.45, 2.75) is 6.92 Å². The Labute approximate surface area is 95.3 Å². The summed E-state index contributed by atoms with van der Waals surface area (Å²) in [4.78, 5) is 3.87. The lowest BCUT2D eigenvalue weighted by molar-refractivity contribution is 0.867. The van der Waals surface area contributed by atoms with Crippen LogP contribution in [-0.2, 0) is 0 Å². The van der Waals surface area contributed by atoms with Crippen LogP contribution in [0.1, 0.15) is 11.1 Å². The molecule has 74 valence electrons. The highest BCUT2D eigenvalue weighted by atomic mass is 79.9. The first kappa shape index (κ1) is 9.87. The van der Waals surface area contributed by atoms with E-state index in [1.807, 2.05) is 13.0 Å². The van der Waals surface area contributed by atoms with Gasteiger partial charge in [-0.15, -0.1) is 0 Å². The fraction of sp³-hybridized carbons (Fsp3) is 0.100. The van der Waals surface area contributed by atoms with Crippen LogP contribution < -0.4 is 0 Å². The molecule has 0 amide bonds. The van der Waals surface area contributed by atoms with Gasteiger partial charge in [0, 0.05) is 4.47 Å². The molecule has 5 heteroatoms. The largest absolute Gasteiger partial charge is 0.223 e. The molecular weight excluding hydrogens is 256 g/mol. The van der Waals surface area contributed by atoms with Crippen molar-refractivity contribution in [3.8, 4) is 11.8 Å². The Balaban J connectivity index is 2.71. The Morgan fingerprint density at radius 3 is 2.87 bits per heavy atom. The van der Waals surface area contributed by atoms with Gasteiger partial charge >= 0.3 is 0 Å². The number of nitrogens with zero attached hydrogens (tertiary/aromatic N) is 4. The van der Waals surface area contributed by atoms with Crippen LogP contribution >= 0.6 is 15.9 Å². The lowest BCUT2D eigenvalue weighted by Crippen LogP contribution is -2.01. The quantitative estimate of drug-likeness (QED) is 0.792. The van der Waals surface area contributed by atoms with Crippen molar-refractivity contribution < 1.29 is 0 Å². The number of halogens is 1. The van der Waals surface area contributed by atoms with Crippen LogP contribution in [0.5, 0.6) is 0 Å². The van der Waals surface area contributed by atoms with Crippen molar-refractivity contribution in [3.63, 3.8) is 0 Å². The topological polar surface area (TPSA) is 54.5 Å². The molecule has 1 aromatic carbocycles. The molecule has 15 heavy (non-hydrogen) atoms. The second-order valence-electron chi connectivity index (χ2n) is 3.07. The van der Waals surface area contributed by atoms with Gasteiger partial charge in [0.1, 0.15) is 18.7 Å². The van der Waals surface area contributed by atoms with Crippen LogP contribution in [0.15, 0.2) is 29.3 Å². The van der Waals surface area contributed by atoms with E-state index in [4.69, 9.17) is 5.26 Å². The minimum Gasteiger partial charge on any atom is -0.223 e. The first-order valence-corrected chi connectivity index (χ1v) is 5.07. The molecule has 1 heterocycles. The van der Waals surface area contributed by atoms with E-state index in [1.165, 1.54) is 6.33 Å². The van der Waals surface area contributed by atoms with Crippen LogP contribution in [-0.4, -0.2) is 14.8 Å². The predicted octanol–water partition coefficient (Wildman–Crippen LogP) is 2.21. The van der Waals surface area contributed by atoms with Gasteiger partial charge in [-0.25, -0.2) is 9.67 Å². The van der Waals surface area contributed by atoms with Gasteiger partial charge < -0.3 is 0 Å². The molecular formula is C10H7BrN4. The molecule has 0 aliphatic carbocycles. The maximum atomic E-state index is 9.03. The molecule has 2 aromatic rings. The van der Waals surface area contributed by atoms with Gasteiger partial charge in [0.25, 0.3) is 0 Å². The lowest BCUT2D eigenvalue weighted by Gasteiger charge is -2.07. The molecule has 0 spiro atoms. The number of benzene rings is 1. The zero-order valence-electron chi connectivity index (χ0n) is 7.98. The van der Waals surface area contributed by atoms with Crippen LogP contribution in [0.25, 0.3) is 5.69 Å². The molecule has 0 bridgehead atoms. The van der Waals surface area contributed by atoms with E-state index in [9.17, 15) is 0 Å². The van der Waals surface area contributed by atoms with Gasteiger partial charge in [-0.1, -0.05) is 15.9 Å².